The minimum atomic E-state index is -0.655. The molecule has 1 aliphatic heterocycles. The van der Waals surface area contributed by atoms with Crippen molar-refractivity contribution in [2.75, 3.05) is 23.8 Å². The molecule has 2 heterocycles. The third-order valence-corrected chi connectivity index (χ3v) is 5.13. The minimum Gasteiger partial charge on any atom is -0.384 e. The summed E-state index contributed by atoms with van der Waals surface area (Å²) in [6.45, 7) is 0.755. The number of Topliss-reactive ketones (excluding diaryl/α,β-unsaturated/α-hetero) is 1. The number of nitrogen functional groups attached to an aromatic ring is 1. The van der Waals surface area contributed by atoms with Crippen LogP contribution in [-0.2, 0) is 14.1 Å². The summed E-state index contributed by atoms with van der Waals surface area (Å²) in [6.07, 6.45) is 0. The number of ketones is 1. The molecule has 0 unspecified atom stereocenters. The number of halogens is 1. The molecule has 0 atom stereocenters. The Balaban J connectivity index is 0.00000220. The first-order chi connectivity index (χ1) is 9.43. The Morgan fingerprint density at radius 3 is 2.62 bits per heavy atom. The van der Waals surface area contributed by atoms with Crippen molar-refractivity contribution in [3.05, 3.63) is 26.4 Å². The number of nitrogens with two attached hydrogens (primary N) is 1. The molecule has 21 heavy (non-hydrogen) atoms. The van der Waals surface area contributed by atoms with E-state index in [0.29, 0.717) is 0 Å². The summed E-state index contributed by atoms with van der Waals surface area (Å²) in [6, 6.07) is 0. The van der Waals surface area contributed by atoms with Crippen LogP contribution < -0.4 is 17.0 Å². The largest absolute Gasteiger partial charge is 0.384 e. The lowest BCUT2D eigenvalue weighted by Crippen LogP contribution is -2.41. The molecular weight excluding hydrogens is 336 g/mol. The number of rotatable bonds is 3. The van der Waals surface area contributed by atoms with Crippen LogP contribution in [0.15, 0.2) is 14.6 Å². The normalized spacial score (nSPS) is 13.7. The van der Waals surface area contributed by atoms with Gasteiger partial charge in [0, 0.05) is 19.8 Å². The number of hydrogen-bond donors (Lipinski definition) is 1. The highest BCUT2D eigenvalue weighted by atomic mass is 35.5. The molecule has 0 fully saturated rings. The maximum atomic E-state index is 12.2. The summed E-state index contributed by atoms with van der Waals surface area (Å²) in [7, 11) is 2.75. The van der Waals surface area contributed by atoms with E-state index in [-0.39, 0.29) is 35.3 Å². The van der Waals surface area contributed by atoms with E-state index in [4.69, 9.17) is 5.73 Å². The van der Waals surface area contributed by atoms with Crippen molar-refractivity contribution in [2.24, 2.45) is 19.1 Å². The van der Waals surface area contributed by atoms with Gasteiger partial charge >= 0.3 is 5.69 Å². The average Bonchev–Trinajstić information content (AvgIpc) is 2.94. The zero-order valence-corrected chi connectivity index (χ0v) is 13.9. The van der Waals surface area contributed by atoms with Crippen LogP contribution in [0.1, 0.15) is 10.4 Å². The topological polar surface area (TPSA) is 99.4 Å². The van der Waals surface area contributed by atoms with Gasteiger partial charge in [-0.25, -0.2) is 4.79 Å². The number of aliphatic imine (C=N–C) groups is 1. The second-order valence-electron chi connectivity index (χ2n) is 4.17. The van der Waals surface area contributed by atoms with Crippen LogP contribution in [-0.4, -0.2) is 37.3 Å². The number of carbonyl (C=O) groups excluding carboxylic acids is 1. The molecule has 2 rings (SSSR count). The lowest BCUT2D eigenvalue weighted by Gasteiger charge is -2.10. The average molecular weight is 351 g/mol. The van der Waals surface area contributed by atoms with Crippen LogP contribution in [0.5, 0.6) is 0 Å². The van der Waals surface area contributed by atoms with Gasteiger partial charge in [-0.1, -0.05) is 23.5 Å². The van der Waals surface area contributed by atoms with E-state index in [1.807, 2.05) is 0 Å². The molecule has 0 saturated heterocycles. The molecule has 1 aromatic rings. The minimum absolute atomic E-state index is 0. The Bertz CT molecular complexity index is 711. The Morgan fingerprint density at radius 1 is 1.38 bits per heavy atom. The SMILES string of the molecule is Cl.Cn1c(N)c(C(=O)CSC2=NCCS2)c(=O)n(C)c1=O. The van der Waals surface area contributed by atoms with Crippen molar-refractivity contribution < 1.29 is 4.79 Å². The van der Waals surface area contributed by atoms with E-state index >= 15 is 0 Å². The summed E-state index contributed by atoms with van der Waals surface area (Å²) in [4.78, 5) is 40.0. The number of aromatic nitrogens is 2. The van der Waals surface area contributed by atoms with Crippen LogP contribution >= 0.6 is 35.9 Å². The molecular formula is C11H15ClN4O3S2. The van der Waals surface area contributed by atoms with E-state index in [1.165, 1.54) is 25.9 Å². The van der Waals surface area contributed by atoms with Crippen molar-refractivity contribution in [1.29, 1.82) is 0 Å². The molecule has 0 spiro atoms. The molecule has 2 N–H and O–H groups in total. The second-order valence-corrected chi connectivity index (χ2v) is 6.48. The van der Waals surface area contributed by atoms with Crippen LogP contribution in [0.25, 0.3) is 0 Å². The van der Waals surface area contributed by atoms with Crippen molar-refractivity contribution in [2.45, 2.75) is 0 Å². The summed E-state index contributed by atoms with van der Waals surface area (Å²) >= 11 is 2.88. The molecule has 1 aliphatic rings. The lowest BCUT2D eigenvalue weighted by molar-refractivity contribution is 0.102. The van der Waals surface area contributed by atoms with Crippen molar-refractivity contribution in [3.8, 4) is 0 Å². The summed E-state index contributed by atoms with van der Waals surface area (Å²) in [5.41, 5.74) is 4.38. The van der Waals surface area contributed by atoms with Gasteiger partial charge in [0.25, 0.3) is 5.56 Å². The van der Waals surface area contributed by atoms with Gasteiger partial charge in [-0.15, -0.1) is 12.4 Å². The van der Waals surface area contributed by atoms with Crippen molar-refractivity contribution >= 4 is 51.9 Å². The molecule has 0 bridgehead atoms. The predicted molar refractivity (Wildman–Crippen MR) is 90.1 cm³/mol. The molecule has 0 radical (unpaired) electrons. The molecule has 0 aromatic carbocycles. The second kappa shape index (κ2) is 7.19. The number of carbonyl (C=O) groups is 1. The first-order valence-corrected chi connectivity index (χ1v) is 7.79. The fraction of sp³-hybridized carbons (Fsp3) is 0.455. The predicted octanol–water partition coefficient (Wildman–Crippen LogP) is 0.107. The Hall–Kier alpha value is -1.19. The molecule has 7 nitrogen and oxygen atoms in total. The highest BCUT2D eigenvalue weighted by Gasteiger charge is 2.21. The van der Waals surface area contributed by atoms with Crippen LogP contribution in [0, 0.1) is 0 Å². The van der Waals surface area contributed by atoms with Gasteiger partial charge in [-0.05, 0) is 0 Å². The number of anilines is 1. The number of thioether (sulfide) groups is 2. The molecule has 0 saturated carbocycles. The first kappa shape index (κ1) is 17.9. The van der Waals surface area contributed by atoms with Crippen LogP contribution in [0.3, 0.4) is 0 Å². The maximum absolute atomic E-state index is 12.2. The van der Waals surface area contributed by atoms with Gasteiger partial charge in [-0.2, -0.15) is 0 Å². The molecule has 1 aromatic heterocycles. The monoisotopic (exact) mass is 350 g/mol. The molecule has 0 aliphatic carbocycles. The fourth-order valence-corrected chi connectivity index (χ4v) is 3.61. The standard InChI is InChI=1S/C11H14N4O3S2.ClH/c1-14-8(12)7(9(17)15(2)11(14)18)6(16)5-20-10-13-3-4-19-10;/h3-5,12H2,1-2H3;1H. The Kier molecular flexibility index (Phi) is 6.11. The third-order valence-electron chi connectivity index (χ3n) is 2.87. The molecule has 10 heteroatoms. The highest BCUT2D eigenvalue weighted by Crippen LogP contribution is 2.22. The van der Waals surface area contributed by atoms with Crippen molar-refractivity contribution in [1.82, 2.24) is 9.13 Å². The lowest BCUT2D eigenvalue weighted by atomic mass is 10.2. The van der Waals surface area contributed by atoms with Crippen LogP contribution in [0.4, 0.5) is 5.82 Å². The summed E-state index contributed by atoms with van der Waals surface area (Å²) in [5, 5.41) is 0. The molecule has 116 valence electrons. The number of nitrogens with zero attached hydrogens (tertiary/aromatic N) is 3. The van der Waals surface area contributed by atoms with E-state index in [0.717, 1.165) is 25.8 Å². The quantitative estimate of drug-likeness (QED) is 0.776. The number of hydrogen-bond acceptors (Lipinski definition) is 7. The summed E-state index contributed by atoms with van der Waals surface area (Å²) < 4.78 is 2.83. The van der Waals surface area contributed by atoms with Crippen molar-refractivity contribution in [3.63, 3.8) is 0 Å². The third kappa shape index (κ3) is 3.53. The zero-order valence-electron chi connectivity index (χ0n) is 11.5. The van der Waals surface area contributed by atoms with E-state index in [9.17, 15) is 14.4 Å². The van der Waals surface area contributed by atoms with E-state index in [2.05, 4.69) is 4.99 Å². The van der Waals surface area contributed by atoms with Crippen LogP contribution in [0.2, 0.25) is 0 Å². The fourth-order valence-electron chi connectivity index (χ4n) is 1.72. The smallest absolute Gasteiger partial charge is 0.332 e. The van der Waals surface area contributed by atoms with E-state index < -0.39 is 11.2 Å². The van der Waals surface area contributed by atoms with Gasteiger partial charge in [0.15, 0.2) is 5.78 Å². The van der Waals surface area contributed by atoms with Gasteiger partial charge in [0.2, 0.25) is 0 Å². The highest BCUT2D eigenvalue weighted by molar-refractivity contribution is 8.39. The van der Waals surface area contributed by atoms with Gasteiger partial charge < -0.3 is 5.73 Å². The van der Waals surface area contributed by atoms with Gasteiger partial charge in [0.1, 0.15) is 15.8 Å². The van der Waals surface area contributed by atoms with Gasteiger partial charge in [-0.3, -0.25) is 23.7 Å². The molecule has 0 amide bonds. The Morgan fingerprint density at radius 2 is 2.05 bits per heavy atom. The Labute approximate surface area is 135 Å². The first-order valence-electron chi connectivity index (χ1n) is 5.82. The maximum Gasteiger partial charge on any atom is 0.332 e. The van der Waals surface area contributed by atoms with E-state index in [1.54, 1.807) is 11.8 Å². The zero-order chi connectivity index (χ0) is 14.9. The van der Waals surface area contributed by atoms with Gasteiger partial charge in [0.05, 0.1) is 12.3 Å². The summed E-state index contributed by atoms with van der Waals surface area (Å²) in [5.74, 6) is 0.521.